The van der Waals surface area contributed by atoms with Gasteiger partial charge < -0.3 is 4.74 Å². The minimum absolute atomic E-state index is 0.0375. The molecule has 1 saturated carbocycles. The summed E-state index contributed by atoms with van der Waals surface area (Å²) in [6, 6.07) is 0.838. The van der Waals surface area contributed by atoms with Crippen LogP contribution in [0.3, 0.4) is 0 Å². The summed E-state index contributed by atoms with van der Waals surface area (Å²) in [5, 5.41) is 8.01. The van der Waals surface area contributed by atoms with Gasteiger partial charge in [0.1, 0.15) is 6.04 Å². The zero-order valence-electron chi connectivity index (χ0n) is 19.2. The summed E-state index contributed by atoms with van der Waals surface area (Å²) >= 11 is 0. The lowest BCUT2D eigenvalue weighted by Gasteiger charge is -2.27. The molecule has 184 valence electrons. The Morgan fingerprint density at radius 2 is 1.88 bits per heavy atom. The predicted molar refractivity (Wildman–Crippen MR) is 122 cm³/mol. The fourth-order valence-electron chi connectivity index (χ4n) is 4.71. The smallest absolute Gasteiger partial charge is 0.252 e. The van der Waals surface area contributed by atoms with Crippen LogP contribution in [0.1, 0.15) is 64.2 Å². The van der Waals surface area contributed by atoms with Crippen LogP contribution in [0.15, 0.2) is 23.6 Å². The highest BCUT2D eigenvalue weighted by atomic mass is 16.8. The van der Waals surface area contributed by atoms with Crippen molar-refractivity contribution in [1.82, 2.24) is 20.5 Å². The summed E-state index contributed by atoms with van der Waals surface area (Å²) in [6.45, 7) is 0.605. The number of carbonyl (C=O) groups excluding carboxylic acids is 3. The van der Waals surface area contributed by atoms with E-state index in [1.54, 1.807) is 12.3 Å². The van der Waals surface area contributed by atoms with Crippen LogP contribution in [0.25, 0.3) is 0 Å². The van der Waals surface area contributed by atoms with Crippen LogP contribution in [0.4, 0.5) is 5.95 Å². The lowest BCUT2D eigenvalue weighted by atomic mass is 9.89. The standard InChI is InChI=1S/C23H32N6O5/c30-19(28-34-20-8-3-4-13-33-20)15-17(14-16-6-1-2-7-16)22(32)29-18(9-12-26-29)21(31)27-23-24-10-5-11-25-23/h5,10-12,16-18,20H,1-4,6-9,13-15H2,(H,28,30)(H,24,25,27,31)/t17-,18+,20?/m1/s1. The van der Waals surface area contributed by atoms with Gasteiger partial charge in [-0.15, -0.1) is 0 Å². The molecule has 3 heterocycles. The number of ether oxygens (including phenoxy) is 1. The van der Waals surface area contributed by atoms with Crippen molar-refractivity contribution in [1.29, 1.82) is 0 Å². The van der Waals surface area contributed by atoms with Crippen molar-refractivity contribution >= 4 is 29.9 Å². The number of anilines is 1. The van der Waals surface area contributed by atoms with Crippen molar-refractivity contribution in [3.8, 4) is 0 Å². The van der Waals surface area contributed by atoms with E-state index >= 15 is 0 Å². The van der Waals surface area contributed by atoms with Crippen LogP contribution in [0, 0.1) is 11.8 Å². The molecule has 2 N–H and O–H groups in total. The molecule has 3 amide bonds. The van der Waals surface area contributed by atoms with Gasteiger partial charge in [-0.2, -0.15) is 5.10 Å². The Kier molecular flexibility index (Phi) is 8.53. The van der Waals surface area contributed by atoms with Crippen molar-refractivity contribution < 1.29 is 24.0 Å². The van der Waals surface area contributed by atoms with Crippen LogP contribution in [-0.4, -0.2) is 57.9 Å². The normalized spacial score (nSPS) is 23.6. The Balaban J connectivity index is 1.38. The van der Waals surface area contributed by atoms with Crippen molar-refractivity contribution in [2.75, 3.05) is 11.9 Å². The Bertz CT molecular complexity index is 870. The summed E-state index contributed by atoms with van der Waals surface area (Å²) < 4.78 is 5.47. The largest absolute Gasteiger partial charge is 0.350 e. The topological polar surface area (TPSA) is 135 Å². The van der Waals surface area contributed by atoms with Gasteiger partial charge >= 0.3 is 0 Å². The summed E-state index contributed by atoms with van der Waals surface area (Å²) in [6.07, 6.45) is 12.0. The van der Waals surface area contributed by atoms with Crippen LogP contribution in [-0.2, 0) is 24.0 Å². The van der Waals surface area contributed by atoms with Crippen LogP contribution < -0.4 is 10.8 Å². The number of hydrazone groups is 1. The molecule has 1 unspecified atom stereocenters. The molecule has 34 heavy (non-hydrogen) atoms. The van der Waals surface area contributed by atoms with Crippen LogP contribution >= 0.6 is 0 Å². The Morgan fingerprint density at radius 3 is 2.62 bits per heavy atom. The Morgan fingerprint density at radius 1 is 1.12 bits per heavy atom. The second-order valence-electron chi connectivity index (χ2n) is 9.02. The average Bonchev–Trinajstić information content (AvgIpc) is 3.56. The molecule has 4 rings (SSSR count). The number of hydrogen-bond donors (Lipinski definition) is 2. The molecule has 3 atom stereocenters. The van der Waals surface area contributed by atoms with Crippen LogP contribution in [0.2, 0.25) is 0 Å². The van der Waals surface area contributed by atoms with Crippen molar-refractivity contribution in [2.24, 2.45) is 16.9 Å². The first-order valence-corrected chi connectivity index (χ1v) is 12.1. The molecule has 1 aromatic rings. The molecule has 0 radical (unpaired) electrons. The average molecular weight is 473 g/mol. The summed E-state index contributed by atoms with van der Waals surface area (Å²) in [5.74, 6) is -1.20. The minimum Gasteiger partial charge on any atom is -0.350 e. The molecule has 0 bridgehead atoms. The zero-order chi connectivity index (χ0) is 23.8. The van der Waals surface area contributed by atoms with Gasteiger partial charge in [0.05, 0.1) is 0 Å². The van der Waals surface area contributed by atoms with E-state index < -0.39 is 24.2 Å². The molecule has 11 heteroatoms. The fourth-order valence-corrected chi connectivity index (χ4v) is 4.71. The minimum atomic E-state index is -0.808. The van der Waals surface area contributed by atoms with E-state index in [1.165, 1.54) is 17.4 Å². The highest BCUT2D eigenvalue weighted by Gasteiger charge is 2.38. The maximum absolute atomic E-state index is 13.5. The monoisotopic (exact) mass is 472 g/mol. The van der Waals surface area contributed by atoms with E-state index in [2.05, 4.69) is 25.9 Å². The fraction of sp³-hybridized carbons (Fsp3) is 0.652. The number of nitrogens with one attached hydrogen (secondary N) is 2. The molecular weight excluding hydrogens is 440 g/mol. The number of hydrogen-bond acceptors (Lipinski definition) is 8. The van der Waals surface area contributed by atoms with Gasteiger partial charge in [0.15, 0.2) is 6.29 Å². The summed E-state index contributed by atoms with van der Waals surface area (Å²) in [5.41, 5.74) is 2.45. The number of aromatic nitrogens is 2. The van der Waals surface area contributed by atoms with Crippen molar-refractivity contribution in [3.63, 3.8) is 0 Å². The molecule has 3 aliphatic rings. The van der Waals surface area contributed by atoms with Gasteiger partial charge in [0.25, 0.3) is 5.91 Å². The first-order chi connectivity index (χ1) is 16.6. The maximum atomic E-state index is 13.5. The summed E-state index contributed by atoms with van der Waals surface area (Å²) in [4.78, 5) is 52.4. The Hall–Kier alpha value is -2.92. The molecule has 1 saturated heterocycles. The molecule has 0 aromatic carbocycles. The SMILES string of the molecule is O=C(C[C@@H](CC1CCCC1)C(=O)N1N=CC[C@H]1C(=O)Nc1ncccn1)NOC1CCCCO1. The van der Waals surface area contributed by atoms with Crippen molar-refractivity contribution in [3.05, 3.63) is 18.5 Å². The van der Waals surface area contributed by atoms with Gasteiger partial charge in [-0.3, -0.25) is 19.7 Å². The highest BCUT2D eigenvalue weighted by molar-refractivity contribution is 5.99. The van der Waals surface area contributed by atoms with E-state index in [-0.39, 0.29) is 30.6 Å². The zero-order valence-corrected chi connectivity index (χ0v) is 19.2. The van der Waals surface area contributed by atoms with Gasteiger partial charge in [0.2, 0.25) is 17.8 Å². The number of nitrogens with zero attached hydrogens (tertiary/aromatic N) is 4. The van der Waals surface area contributed by atoms with Gasteiger partial charge in [-0.05, 0) is 31.2 Å². The maximum Gasteiger partial charge on any atom is 0.252 e. The van der Waals surface area contributed by atoms with E-state index in [1.807, 2.05) is 0 Å². The van der Waals surface area contributed by atoms with E-state index in [0.717, 1.165) is 44.9 Å². The number of amides is 3. The third-order valence-corrected chi connectivity index (χ3v) is 6.47. The van der Waals surface area contributed by atoms with Gasteiger partial charge in [-0.25, -0.2) is 25.3 Å². The molecule has 11 nitrogen and oxygen atoms in total. The first-order valence-electron chi connectivity index (χ1n) is 12.1. The lowest BCUT2D eigenvalue weighted by molar-refractivity contribution is -0.201. The van der Waals surface area contributed by atoms with Crippen molar-refractivity contribution in [2.45, 2.75) is 76.5 Å². The Labute approximate surface area is 198 Å². The second-order valence-corrected chi connectivity index (χ2v) is 9.02. The molecular formula is C23H32N6O5. The quantitative estimate of drug-likeness (QED) is 0.526. The number of hydroxylamine groups is 1. The van der Waals surface area contributed by atoms with Crippen LogP contribution in [0.5, 0.6) is 0 Å². The van der Waals surface area contributed by atoms with E-state index in [4.69, 9.17) is 9.57 Å². The molecule has 0 spiro atoms. The lowest BCUT2D eigenvalue weighted by Crippen LogP contribution is -2.45. The number of rotatable bonds is 9. The molecule has 2 fully saturated rings. The third kappa shape index (κ3) is 6.57. The summed E-state index contributed by atoms with van der Waals surface area (Å²) in [7, 11) is 0. The second kappa shape index (κ2) is 12.0. The molecule has 1 aromatic heterocycles. The molecule has 2 aliphatic heterocycles. The van der Waals surface area contributed by atoms with Gasteiger partial charge in [-0.1, -0.05) is 25.7 Å². The molecule has 1 aliphatic carbocycles. The van der Waals surface area contributed by atoms with E-state index in [9.17, 15) is 14.4 Å². The highest BCUT2D eigenvalue weighted by Crippen LogP contribution is 2.33. The number of carbonyl (C=O) groups is 3. The predicted octanol–water partition coefficient (Wildman–Crippen LogP) is 2.16. The van der Waals surface area contributed by atoms with Gasteiger partial charge in [0, 0.05) is 50.4 Å². The first kappa shape index (κ1) is 24.2. The third-order valence-electron chi connectivity index (χ3n) is 6.47. The van der Waals surface area contributed by atoms with E-state index in [0.29, 0.717) is 18.9 Å².